The number of halogens is 3. The van der Waals surface area contributed by atoms with E-state index < -0.39 is 17.6 Å². The minimum Gasteiger partial charge on any atom is -0.436 e. The molecule has 3 aromatic carbocycles. The normalized spacial score (nSPS) is 10.7. The van der Waals surface area contributed by atoms with E-state index in [1.165, 1.54) is 24.2 Å². The van der Waals surface area contributed by atoms with Crippen LogP contribution < -0.4 is 5.32 Å². The molecule has 0 spiro atoms. The molecule has 0 atom stereocenters. The van der Waals surface area contributed by atoms with Gasteiger partial charge in [0.25, 0.3) is 5.91 Å². The van der Waals surface area contributed by atoms with Gasteiger partial charge in [-0.1, -0.05) is 53.5 Å². The van der Waals surface area contributed by atoms with Gasteiger partial charge in [-0.3, -0.25) is 9.59 Å². The molecule has 0 fully saturated rings. The third kappa shape index (κ3) is 4.95. The number of benzene rings is 3. The molecule has 1 heterocycles. The van der Waals surface area contributed by atoms with Crippen molar-refractivity contribution in [3.8, 4) is 22.8 Å². The molecule has 34 heavy (non-hydrogen) atoms. The number of carbonyl (C=O) groups excluding carboxylic acids is 2. The van der Waals surface area contributed by atoms with Crippen molar-refractivity contribution in [1.29, 1.82) is 0 Å². The van der Waals surface area contributed by atoms with Gasteiger partial charge in [-0.2, -0.15) is 0 Å². The Kier molecular flexibility index (Phi) is 6.95. The Morgan fingerprint density at radius 2 is 1.62 bits per heavy atom. The van der Waals surface area contributed by atoms with Gasteiger partial charge in [0, 0.05) is 12.6 Å². The maximum atomic E-state index is 14.1. The number of amides is 2. The van der Waals surface area contributed by atoms with Gasteiger partial charge in [-0.25, -0.2) is 9.37 Å². The van der Waals surface area contributed by atoms with Crippen LogP contribution in [0.3, 0.4) is 0 Å². The molecule has 0 bridgehead atoms. The van der Waals surface area contributed by atoms with Crippen LogP contribution in [0.5, 0.6) is 0 Å². The summed E-state index contributed by atoms with van der Waals surface area (Å²) in [5.41, 5.74) is 1.22. The Morgan fingerprint density at radius 1 is 0.971 bits per heavy atom. The molecule has 172 valence electrons. The first kappa shape index (κ1) is 23.5. The summed E-state index contributed by atoms with van der Waals surface area (Å²) in [7, 11) is 1.49. The fourth-order valence-corrected chi connectivity index (χ4v) is 3.82. The number of oxazole rings is 1. The Bertz CT molecular complexity index is 1350. The summed E-state index contributed by atoms with van der Waals surface area (Å²) in [5, 5.41) is 3.20. The van der Waals surface area contributed by atoms with Gasteiger partial charge in [0.05, 0.1) is 39.6 Å². The van der Waals surface area contributed by atoms with E-state index in [0.29, 0.717) is 5.56 Å². The van der Waals surface area contributed by atoms with Crippen molar-refractivity contribution in [1.82, 2.24) is 9.88 Å². The van der Waals surface area contributed by atoms with Crippen molar-refractivity contribution < 1.29 is 18.4 Å². The molecule has 0 aliphatic carbocycles. The van der Waals surface area contributed by atoms with Crippen molar-refractivity contribution >= 4 is 40.7 Å². The van der Waals surface area contributed by atoms with Crippen LogP contribution in [-0.2, 0) is 4.79 Å². The largest absolute Gasteiger partial charge is 0.436 e. The molecule has 6 nitrogen and oxygen atoms in total. The quantitative estimate of drug-likeness (QED) is 0.345. The lowest BCUT2D eigenvalue weighted by atomic mass is 10.1. The number of nitrogens with one attached hydrogen (secondary N) is 1. The minimum atomic E-state index is -0.471. The number of anilines is 1. The van der Waals surface area contributed by atoms with Crippen molar-refractivity contribution in [2.24, 2.45) is 0 Å². The van der Waals surface area contributed by atoms with Gasteiger partial charge >= 0.3 is 0 Å². The highest BCUT2D eigenvalue weighted by atomic mass is 35.5. The Hall–Kier alpha value is -3.68. The summed E-state index contributed by atoms with van der Waals surface area (Å²) in [6.07, 6.45) is 1.40. The molecule has 1 aromatic heterocycles. The first-order chi connectivity index (χ1) is 16.3. The summed E-state index contributed by atoms with van der Waals surface area (Å²) in [5.74, 6) is -0.954. The Balaban J connectivity index is 1.54. The highest BCUT2D eigenvalue weighted by Gasteiger charge is 2.22. The van der Waals surface area contributed by atoms with Gasteiger partial charge in [0.2, 0.25) is 11.8 Å². The monoisotopic (exact) mass is 497 g/mol. The first-order valence-electron chi connectivity index (χ1n) is 10.1. The third-order valence-electron chi connectivity index (χ3n) is 4.99. The lowest BCUT2D eigenvalue weighted by Crippen LogP contribution is -2.35. The lowest BCUT2D eigenvalue weighted by Gasteiger charge is -2.18. The predicted molar refractivity (Wildman–Crippen MR) is 129 cm³/mol. The van der Waals surface area contributed by atoms with Crippen LogP contribution in [0.25, 0.3) is 22.8 Å². The van der Waals surface area contributed by atoms with E-state index in [1.54, 1.807) is 60.7 Å². The van der Waals surface area contributed by atoms with Gasteiger partial charge in [0.15, 0.2) is 5.76 Å². The zero-order valence-electron chi connectivity index (χ0n) is 17.9. The third-order valence-corrected chi connectivity index (χ3v) is 5.62. The molecule has 0 saturated heterocycles. The Morgan fingerprint density at radius 3 is 2.32 bits per heavy atom. The maximum Gasteiger partial charge on any atom is 0.254 e. The van der Waals surface area contributed by atoms with Crippen molar-refractivity contribution in [2.75, 3.05) is 18.9 Å². The molecule has 0 unspecified atom stereocenters. The van der Waals surface area contributed by atoms with E-state index in [4.69, 9.17) is 27.6 Å². The SMILES string of the molecule is CN(CC(=O)Nc1c(Cl)cccc1Cl)C(=O)c1ccccc1-c1ncc(-c2ccccc2F)o1. The summed E-state index contributed by atoms with van der Waals surface area (Å²) in [4.78, 5) is 31.2. The zero-order valence-corrected chi connectivity index (χ0v) is 19.4. The molecule has 0 saturated carbocycles. The van der Waals surface area contributed by atoms with Gasteiger partial charge < -0.3 is 14.6 Å². The number of rotatable bonds is 6. The predicted octanol–water partition coefficient (Wildman–Crippen LogP) is 6.17. The second-order valence-corrected chi connectivity index (χ2v) is 8.18. The van der Waals surface area contributed by atoms with Crippen molar-refractivity contribution in [2.45, 2.75) is 0 Å². The highest BCUT2D eigenvalue weighted by molar-refractivity contribution is 6.39. The van der Waals surface area contributed by atoms with Crippen LogP contribution in [0.4, 0.5) is 10.1 Å². The topological polar surface area (TPSA) is 75.4 Å². The molecule has 2 amide bonds. The van der Waals surface area contributed by atoms with Crippen LogP contribution in [0, 0.1) is 5.82 Å². The average Bonchev–Trinajstić information content (AvgIpc) is 3.31. The number of carbonyl (C=O) groups is 2. The summed E-state index contributed by atoms with van der Waals surface area (Å²) in [6.45, 7) is -0.249. The molecule has 1 N–H and O–H groups in total. The van der Waals surface area contributed by atoms with Crippen LogP contribution >= 0.6 is 23.2 Å². The van der Waals surface area contributed by atoms with Gasteiger partial charge in [0.1, 0.15) is 5.82 Å². The summed E-state index contributed by atoms with van der Waals surface area (Å²) in [6, 6.07) is 17.7. The van der Waals surface area contributed by atoms with E-state index >= 15 is 0 Å². The fourth-order valence-electron chi connectivity index (χ4n) is 3.33. The second kappa shape index (κ2) is 10.1. The molecule has 0 radical (unpaired) electrons. The number of hydrogen-bond donors (Lipinski definition) is 1. The number of nitrogens with zero attached hydrogens (tertiary/aromatic N) is 2. The number of hydrogen-bond acceptors (Lipinski definition) is 4. The molecular formula is C25H18Cl2FN3O3. The van der Waals surface area contributed by atoms with E-state index in [0.717, 1.165) is 0 Å². The van der Waals surface area contributed by atoms with Crippen LogP contribution in [0.2, 0.25) is 10.0 Å². The van der Waals surface area contributed by atoms with E-state index in [2.05, 4.69) is 10.3 Å². The number of likely N-dealkylation sites (N-methyl/N-ethyl adjacent to an activating group) is 1. The van der Waals surface area contributed by atoms with Gasteiger partial charge in [-0.05, 0) is 36.4 Å². The Labute approximate surface area is 204 Å². The zero-order chi connectivity index (χ0) is 24.2. The summed E-state index contributed by atoms with van der Waals surface area (Å²) >= 11 is 12.2. The van der Waals surface area contributed by atoms with Crippen LogP contribution in [0.15, 0.2) is 77.3 Å². The van der Waals surface area contributed by atoms with Gasteiger partial charge in [-0.15, -0.1) is 0 Å². The lowest BCUT2D eigenvalue weighted by molar-refractivity contribution is -0.116. The molecule has 0 aliphatic heterocycles. The smallest absolute Gasteiger partial charge is 0.254 e. The van der Waals surface area contributed by atoms with E-state index in [9.17, 15) is 14.0 Å². The molecule has 0 aliphatic rings. The van der Waals surface area contributed by atoms with E-state index in [-0.39, 0.29) is 45.1 Å². The fraction of sp³-hybridized carbons (Fsp3) is 0.0800. The molecule has 4 aromatic rings. The number of para-hydroxylation sites is 1. The van der Waals surface area contributed by atoms with Crippen LogP contribution in [-0.4, -0.2) is 35.3 Å². The van der Waals surface area contributed by atoms with Crippen LogP contribution in [0.1, 0.15) is 10.4 Å². The van der Waals surface area contributed by atoms with Crippen molar-refractivity contribution in [3.05, 3.63) is 94.4 Å². The average molecular weight is 498 g/mol. The molecule has 9 heteroatoms. The standard InChI is InChI=1S/C25H18Cl2FN3O3/c1-31(14-22(32)30-23-18(26)10-6-11-19(23)27)25(33)16-8-3-2-7-15(16)24-29-13-21(34-24)17-9-4-5-12-20(17)28/h2-13H,14H2,1H3,(H,30,32). The molecular weight excluding hydrogens is 480 g/mol. The van der Waals surface area contributed by atoms with Crippen molar-refractivity contribution in [3.63, 3.8) is 0 Å². The highest BCUT2D eigenvalue weighted by Crippen LogP contribution is 2.31. The second-order valence-electron chi connectivity index (χ2n) is 7.36. The maximum absolute atomic E-state index is 14.1. The summed E-state index contributed by atoms with van der Waals surface area (Å²) < 4.78 is 19.9. The van der Waals surface area contributed by atoms with E-state index in [1.807, 2.05) is 0 Å². The number of aromatic nitrogens is 1. The first-order valence-corrected chi connectivity index (χ1v) is 10.9. The molecule has 4 rings (SSSR count). The minimum absolute atomic E-state index is 0.155.